The second-order valence-corrected chi connectivity index (χ2v) is 7.39. The van der Waals surface area contributed by atoms with Crippen molar-refractivity contribution in [2.75, 3.05) is 36.4 Å². The number of nitrogens with zero attached hydrogens (tertiary/aromatic N) is 4. The van der Waals surface area contributed by atoms with Crippen molar-refractivity contribution in [3.63, 3.8) is 0 Å². The van der Waals surface area contributed by atoms with E-state index in [1.807, 2.05) is 17.0 Å². The quantitative estimate of drug-likeness (QED) is 0.867. The minimum absolute atomic E-state index is 0.0517. The molecule has 8 heteroatoms. The van der Waals surface area contributed by atoms with Crippen molar-refractivity contribution >= 4 is 40.6 Å². The van der Waals surface area contributed by atoms with E-state index in [1.54, 1.807) is 12.1 Å². The summed E-state index contributed by atoms with van der Waals surface area (Å²) in [6.07, 6.45) is 2.09. The Morgan fingerprint density at radius 2 is 1.92 bits per heavy atom. The van der Waals surface area contributed by atoms with Crippen LogP contribution < -0.4 is 10.2 Å². The summed E-state index contributed by atoms with van der Waals surface area (Å²) < 4.78 is 0. The van der Waals surface area contributed by atoms with Crippen molar-refractivity contribution in [3.05, 3.63) is 45.6 Å². The lowest BCUT2D eigenvalue weighted by molar-refractivity contribution is 0.0786. The first-order valence-electron chi connectivity index (χ1n) is 8.71. The highest BCUT2D eigenvalue weighted by atomic mass is 35.5. The van der Waals surface area contributed by atoms with Crippen molar-refractivity contribution in [2.45, 2.75) is 19.4 Å². The summed E-state index contributed by atoms with van der Waals surface area (Å²) in [7, 11) is 0. The molecule has 1 N–H and O–H groups in total. The summed E-state index contributed by atoms with van der Waals surface area (Å²) in [6, 6.07) is 7.27. The van der Waals surface area contributed by atoms with E-state index in [2.05, 4.69) is 20.4 Å². The highest BCUT2D eigenvalue weighted by Gasteiger charge is 2.25. The molecule has 2 aliphatic rings. The Kier molecular flexibility index (Phi) is 4.87. The van der Waals surface area contributed by atoms with Crippen LogP contribution in [0.3, 0.4) is 0 Å². The smallest absolute Gasteiger partial charge is 0.274 e. The number of likely N-dealkylation sites (tertiary alicyclic amines) is 1. The largest absolute Gasteiger partial charge is 0.365 e. The third kappa shape index (κ3) is 3.44. The first kappa shape index (κ1) is 17.4. The number of halogens is 2. The molecule has 1 amide bonds. The molecule has 1 aromatic heterocycles. The SMILES string of the molecule is O=C(c1cc2c(nn1)NCCN2Cc1cc(Cl)ccc1Cl)N1CCCC1. The monoisotopic (exact) mass is 391 g/mol. The van der Waals surface area contributed by atoms with Gasteiger partial charge >= 0.3 is 0 Å². The van der Waals surface area contributed by atoms with Gasteiger partial charge in [-0.25, -0.2) is 0 Å². The van der Waals surface area contributed by atoms with Crippen LogP contribution in [0.1, 0.15) is 28.9 Å². The lowest BCUT2D eigenvalue weighted by Gasteiger charge is -2.31. The van der Waals surface area contributed by atoms with E-state index in [4.69, 9.17) is 23.2 Å². The molecule has 1 saturated heterocycles. The van der Waals surface area contributed by atoms with E-state index >= 15 is 0 Å². The molecule has 0 unspecified atom stereocenters. The minimum Gasteiger partial charge on any atom is -0.365 e. The van der Waals surface area contributed by atoms with Gasteiger partial charge in [0.15, 0.2) is 11.5 Å². The van der Waals surface area contributed by atoms with Crippen molar-refractivity contribution in [1.29, 1.82) is 0 Å². The number of carbonyl (C=O) groups excluding carboxylic acids is 1. The number of benzene rings is 1. The fourth-order valence-electron chi connectivity index (χ4n) is 3.40. The predicted molar refractivity (Wildman–Crippen MR) is 103 cm³/mol. The van der Waals surface area contributed by atoms with Crippen LogP contribution in [0.4, 0.5) is 11.5 Å². The van der Waals surface area contributed by atoms with Crippen molar-refractivity contribution in [2.24, 2.45) is 0 Å². The molecule has 136 valence electrons. The average Bonchev–Trinajstić information content (AvgIpc) is 3.19. The van der Waals surface area contributed by atoms with Crippen LogP contribution >= 0.6 is 23.2 Å². The van der Waals surface area contributed by atoms with Gasteiger partial charge in [-0.3, -0.25) is 4.79 Å². The van der Waals surface area contributed by atoms with Crippen LogP contribution in [-0.4, -0.2) is 47.2 Å². The Hall–Kier alpha value is -2.05. The zero-order valence-electron chi connectivity index (χ0n) is 14.2. The molecule has 0 radical (unpaired) electrons. The lowest BCUT2D eigenvalue weighted by Crippen LogP contribution is -2.35. The molecule has 3 heterocycles. The molecule has 1 aromatic carbocycles. The lowest BCUT2D eigenvalue weighted by atomic mass is 10.1. The van der Waals surface area contributed by atoms with Crippen molar-refractivity contribution in [3.8, 4) is 0 Å². The molecule has 0 saturated carbocycles. The predicted octanol–water partition coefficient (Wildman–Crippen LogP) is 3.45. The number of nitrogens with one attached hydrogen (secondary N) is 1. The highest BCUT2D eigenvalue weighted by molar-refractivity contribution is 6.33. The van der Waals surface area contributed by atoms with Gasteiger partial charge in [0.25, 0.3) is 5.91 Å². The average molecular weight is 392 g/mol. The topological polar surface area (TPSA) is 61.4 Å². The fourth-order valence-corrected chi connectivity index (χ4v) is 3.77. The van der Waals surface area contributed by atoms with Crippen LogP contribution in [-0.2, 0) is 6.54 Å². The van der Waals surface area contributed by atoms with E-state index in [9.17, 15) is 4.79 Å². The van der Waals surface area contributed by atoms with Crippen molar-refractivity contribution in [1.82, 2.24) is 15.1 Å². The second-order valence-electron chi connectivity index (χ2n) is 6.55. The molecular formula is C18H19Cl2N5O. The first-order chi connectivity index (χ1) is 12.6. The zero-order chi connectivity index (χ0) is 18.1. The summed E-state index contributed by atoms with van der Waals surface area (Å²) in [6.45, 7) is 3.70. The maximum atomic E-state index is 12.6. The summed E-state index contributed by atoms with van der Waals surface area (Å²) in [5.41, 5.74) is 2.19. The molecule has 1 fully saturated rings. The summed E-state index contributed by atoms with van der Waals surface area (Å²) >= 11 is 12.4. The number of hydrogen-bond acceptors (Lipinski definition) is 5. The maximum Gasteiger partial charge on any atom is 0.274 e. The van der Waals surface area contributed by atoms with E-state index in [0.717, 1.165) is 50.3 Å². The van der Waals surface area contributed by atoms with Crippen LogP contribution in [0, 0.1) is 0 Å². The van der Waals surface area contributed by atoms with Crippen LogP contribution in [0.15, 0.2) is 24.3 Å². The Labute approximate surface area is 162 Å². The Bertz CT molecular complexity index is 838. The molecule has 0 aliphatic carbocycles. The summed E-state index contributed by atoms with van der Waals surface area (Å²) in [4.78, 5) is 16.6. The fraction of sp³-hybridized carbons (Fsp3) is 0.389. The van der Waals surface area contributed by atoms with Gasteiger partial charge in [0.2, 0.25) is 0 Å². The molecule has 2 aliphatic heterocycles. The van der Waals surface area contributed by atoms with Gasteiger partial charge in [-0.1, -0.05) is 23.2 Å². The molecule has 6 nitrogen and oxygen atoms in total. The van der Waals surface area contributed by atoms with E-state index in [-0.39, 0.29) is 5.91 Å². The number of amides is 1. The molecule has 0 atom stereocenters. The molecule has 26 heavy (non-hydrogen) atoms. The van der Waals surface area contributed by atoms with Gasteiger partial charge in [0.05, 0.1) is 5.69 Å². The number of fused-ring (bicyclic) bond motifs is 1. The van der Waals surface area contributed by atoms with Gasteiger partial charge in [-0.15, -0.1) is 10.2 Å². The summed E-state index contributed by atoms with van der Waals surface area (Å²) in [5.74, 6) is 0.636. The first-order valence-corrected chi connectivity index (χ1v) is 9.47. The zero-order valence-corrected chi connectivity index (χ0v) is 15.7. The highest BCUT2D eigenvalue weighted by Crippen LogP contribution is 2.31. The summed E-state index contributed by atoms with van der Waals surface area (Å²) in [5, 5.41) is 12.9. The Balaban J connectivity index is 1.62. The van der Waals surface area contributed by atoms with Gasteiger partial charge in [0.1, 0.15) is 0 Å². The second kappa shape index (κ2) is 7.29. The Morgan fingerprint density at radius 3 is 2.73 bits per heavy atom. The normalized spacial score (nSPS) is 16.4. The number of aromatic nitrogens is 2. The van der Waals surface area contributed by atoms with E-state index < -0.39 is 0 Å². The van der Waals surface area contributed by atoms with Crippen LogP contribution in [0.25, 0.3) is 0 Å². The number of carbonyl (C=O) groups is 1. The number of anilines is 2. The van der Waals surface area contributed by atoms with Gasteiger partial charge < -0.3 is 15.1 Å². The third-order valence-electron chi connectivity index (χ3n) is 4.77. The molecule has 0 bridgehead atoms. The van der Waals surface area contributed by atoms with E-state index in [1.165, 1.54) is 0 Å². The van der Waals surface area contributed by atoms with Gasteiger partial charge in [-0.2, -0.15) is 0 Å². The molecule has 4 rings (SSSR count). The van der Waals surface area contributed by atoms with Gasteiger partial charge in [0, 0.05) is 42.8 Å². The molecule has 2 aromatic rings. The van der Waals surface area contributed by atoms with Gasteiger partial charge in [-0.05, 0) is 42.7 Å². The number of rotatable bonds is 3. The van der Waals surface area contributed by atoms with Crippen LogP contribution in [0.5, 0.6) is 0 Å². The van der Waals surface area contributed by atoms with E-state index in [0.29, 0.717) is 28.1 Å². The van der Waals surface area contributed by atoms with Crippen LogP contribution in [0.2, 0.25) is 10.0 Å². The standard InChI is InChI=1S/C18H19Cl2N5O/c19-13-3-4-14(20)12(9-13)11-25-8-5-21-17-16(25)10-15(22-23-17)18(26)24-6-1-2-7-24/h3-4,9-10H,1-2,5-8,11H2,(H,21,23). The third-order valence-corrected chi connectivity index (χ3v) is 5.37. The molecular weight excluding hydrogens is 373 g/mol. The minimum atomic E-state index is -0.0517. The molecule has 0 spiro atoms. The van der Waals surface area contributed by atoms with Crippen molar-refractivity contribution < 1.29 is 4.79 Å². The maximum absolute atomic E-state index is 12.6. The number of hydrogen-bond donors (Lipinski definition) is 1. The Morgan fingerprint density at radius 1 is 1.12 bits per heavy atom.